The van der Waals surface area contributed by atoms with E-state index in [1.54, 1.807) is 0 Å². The third kappa shape index (κ3) is 2.35. The molecular weight excluding hydrogens is 238 g/mol. The van der Waals surface area contributed by atoms with E-state index in [1.807, 2.05) is 0 Å². The molecule has 0 aliphatic carbocycles. The number of anilines is 1. The highest BCUT2D eigenvalue weighted by Crippen LogP contribution is 2.22. The van der Waals surface area contributed by atoms with Gasteiger partial charge in [-0.1, -0.05) is 0 Å². The SMILES string of the molecule is CC(C(N)=O)S(=O)c1c(F)cc(N)cc1F. The Balaban J connectivity index is 3.24. The maximum absolute atomic E-state index is 13.3. The highest BCUT2D eigenvalue weighted by Gasteiger charge is 2.25. The van der Waals surface area contributed by atoms with Crippen molar-refractivity contribution >= 4 is 22.4 Å². The van der Waals surface area contributed by atoms with Crippen LogP contribution in [0.4, 0.5) is 14.5 Å². The first-order valence-electron chi connectivity index (χ1n) is 4.29. The van der Waals surface area contributed by atoms with Gasteiger partial charge in [0.05, 0.1) is 10.8 Å². The largest absolute Gasteiger partial charge is 0.399 e. The van der Waals surface area contributed by atoms with Gasteiger partial charge >= 0.3 is 0 Å². The second-order valence-corrected chi connectivity index (χ2v) is 4.87. The van der Waals surface area contributed by atoms with Crippen molar-refractivity contribution in [1.29, 1.82) is 0 Å². The van der Waals surface area contributed by atoms with Gasteiger partial charge < -0.3 is 11.5 Å². The molecule has 0 bridgehead atoms. The maximum atomic E-state index is 13.3. The summed E-state index contributed by atoms with van der Waals surface area (Å²) in [5, 5.41) is -1.17. The van der Waals surface area contributed by atoms with Crippen LogP contribution in [0.5, 0.6) is 0 Å². The van der Waals surface area contributed by atoms with Crippen LogP contribution in [-0.4, -0.2) is 15.4 Å². The van der Waals surface area contributed by atoms with Crippen LogP contribution in [0.1, 0.15) is 6.92 Å². The Morgan fingerprint density at radius 3 is 2.19 bits per heavy atom. The van der Waals surface area contributed by atoms with Crippen LogP contribution < -0.4 is 11.5 Å². The van der Waals surface area contributed by atoms with Crippen molar-refractivity contribution < 1.29 is 17.8 Å². The van der Waals surface area contributed by atoms with Crippen molar-refractivity contribution in [1.82, 2.24) is 0 Å². The van der Waals surface area contributed by atoms with Crippen molar-refractivity contribution in [2.45, 2.75) is 17.1 Å². The van der Waals surface area contributed by atoms with Gasteiger partial charge in [-0.3, -0.25) is 9.00 Å². The van der Waals surface area contributed by atoms with Crippen LogP contribution in [0.3, 0.4) is 0 Å². The summed E-state index contributed by atoms with van der Waals surface area (Å²) < 4.78 is 38.3. The monoisotopic (exact) mass is 248 g/mol. The molecular formula is C9H10F2N2O2S. The zero-order chi connectivity index (χ0) is 12.5. The average molecular weight is 248 g/mol. The van der Waals surface area contributed by atoms with E-state index in [1.165, 1.54) is 6.92 Å². The number of nitrogen functional groups attached to an aromatic ring is 1. The van der Waals surface area contributed by atoms with Gasteiger partial charge in [0.15, 0.2) is 0 Å². The minimum Gasteiger partial charge on any atom is -0.399 e. The fourth-order valence-corrected chi connectivity index (χ4v) is 2.12. The molecule has 0 aliphatic rings. The minimum absolute atomic E-state index is 0.123. The van der Waals surface area contributed by atoms with E-state index in [0.29, 0.717) is 0 Å². The lowest BCUT2D eigenvalue weighted by Gasteiger charge is -2.09. The Morgan fingerprint density at radius 1 is 1.38 bits per heavy atom. The third-order valence-electron chi connectivity index (χ3n) is 1.94. The normalized spacial score (nSPS) is 14.4. The highest BCUT2D eigenvalue weighted by atomic mass is 32.2. The number of hydrogen-bond donors (Lipinski definition) is 2. The number of amides is 1. The standard InChI is InChI=1S/C9H10F2N2O2S/c1-4(9(13)14)16(15)8-6(10)2-5(12)3-7(8)11/h2-4H,12H2,1H3,(H2,13,14). The summed E-state index contributed by atoms with van der Waals surface area (Å²) in [6.45, 7) is 1.23. The Bertz CT molecular complexity index is 442. The van der Waals surface area contributed by atoms with Gasteiger partial charge in [-0.15, -0.1) is 0 Å². The van der Waals surface area contributed by atoms with E-state index in [-0.39, 0.29) is 5.69 Å². The Labute approximate surface area is 93.1 Å². The second kappa shape index (κ2) is 4.56. The Hall–Kier alpha value is -1.50. The van der Waals surface area contributed by atoms with Gasteiger partial charge in [0.1, 0.15) is 21.8 Å². The Morgan fingerprint density at radius 2 is 1.81 bits per heavy atom. The molecule has 4 nitrogen and oxygen atoms in total. The smallest absolute Gasteiger partial charge is 0.233 e. The van der Waals surface area contributed by atoms with Crippen molar-refractivity contribution in [3.05, 3.63) is 23.8 Å². The number of rotatable bonds is 3. The molecule has 1 rings (SSSR count). The second-order valence-electron chi connectivity index (χ2n) is 3.16. The van der Waals surface area contributed by atoms with Crippen LogP contribution >= 0.6 is 0 Å². The highest BCUT2D eigenvalue weighted by molar-refractivity contribution is 7.86. The molecule has 0 radical (unpaired) electrons. The van der Waals surface area contributed by atoms with Crippen LogP contribution in [0.25, 0.3) is 0 Å². The third-order valence-corrected chi connectivity index (χ3v) is 3.61. The van der Waals surface area contributed by atoms with Crippen LogP contribution in [0.15, 0.2) is 17.0 Å². The van der Waals surface area contributed by atoms with E-state index in [0.717, 1.165) is 12.1 Å². The molecule has 1 amide bonds. The lowest BCUT2D eigenvalue weighted by molar-refractivity contribution is -0.117. The van der Waals surface area contributed by atoms with Crippen molar-refractivity contribution in [3.63, 3.8) is 0 Å². The first-order valence-corrected chi connectivity index (χ1v) is 5.50. The minimum atomic E-state index is -2.17. The first-order chi connectivity index (χ1) is 7.34. The number of carbonyl (C=O) groups excluding carboxylic acids is 1. The van der Waals surface area contributed by atoms with E-state index in [2.05, 4.69) is 0 Å². The summed E-state index contributed by atoms with van der Waals surface area (Å²) in [5.74, 6) is -3.00. The molecule has 0 saturated carbocycles. The number of nitrogens with two attached hydrogens (primary N) is 2. The quantitative estimate of drug-likeness (QED) is 0.765. The average Bonchev–Trinajstić information content (AvgIpc) is 2.14. The molecule has 0 aliphatic heterocycles. The molecule has 0 spiro atoms. The number of benzene rings is 1. The summed E-state index contributed by atoms with van der Waals surface area (Å²) in [6, 6.07) is 1.67. The van der Waals surface area contributed by atoms with Gasteiger partial charge in [0.2, 0.25) is 5.91 Å². The Kier molecular flexibility index (Phi) is 3.58. The molecule has 0 aromatic heterocycles. The molecule has 2 unspecified atom stereocenters. The lowest BCUT2D eigenvalue weighted by Crippen LogP contribution is -2.30. The molecule has 2 atom stereocenters. The molecule has 0 heterocycles. The van der Waals surface area contributed by atoms with Gasteiger partial charge in [-0.05, 0) is 19.1 Å². The van der Waals surface area contributed by atoms with Crippen LogP contribution in [0.2, 0.25) is 0 Å². The van der Waals surface area contributed by atoms with Gasteiger partial charge in [-0.2, -0.15) is 0 Å². The molecule has 88 valence electrons. The zero-order valence-corrected chi connectivity index (χ0v) is 9.18. The fourth-order valence-electron chi connectivity index (χ4n) is 1.05. The molecule has 4 N–H and O–H groups in total. The molecule has 1 aromatic rings. The van der Waals surface area contributed by atoms with Crippen LogP contribution in [0, 0.1) is 11.6 Å². The summed E-state index contributed by atoms with van der Waals surface area (Å²) in [6.07, 6.45) is 0. The molecule has 1 aromatic carbocycles. The predicted octanol–water partition coefficient (Wildman–Crippen LogP) is 0.528. The van der Waals surface area contributed by atoms with E-state index >= 15 is 0 Å². The van der Waals surface area contributed by atoms with Gasteiger partial charge in [-0.25, -0.2) is 8.78 Å². The topological polar surface area (TPSA) is 86.2 Å². The lowest BCUT2D eigenvalue weighted by atomic mass is 10.3. The van der Waals surface area contributed by atoms with Gasteiger partial charge in [0.25, 0.3) is 0 Å². The van der Waals surface area contributed by atoms with Crippen molar-refractivity contribution in [2.75, 3.05) is 5.73 Å². The van der Waals surface area contributed by atoms with E-state index < -0.39 is 38.5 Å². The fraction of sp³-hybridized carbons (Fsp3) is 0.222. The summed E-state index contributed by atoms with van der Waals surface area (Å²) in [4.78, 5) is 10.1. The zero-order valence-electron chi connectivity index (χ0n) is 8.37. The molecule has 0 saturated heterocycles. The summed E-state index contributed by atoms with van der Waals surface area (Å²) >= 11 is 0. The number of carbonyl (C=O) groups is 1. The number of halogens is 2. The summed E-state index contributed by atoms with van der Waals surface area (Å²) in [5.41, 5.74) is 9.97. The maximum Gasteiger partial charge on any atom is 0.233 e. The van der Waals surface area contributed by atoms with Crippen molar-refractivity contribution in [3.8, 4) is 0 Å². The first kappa shape index (κ1) is 12.6. The van der Waals surface area contributed by atoms with Crippen LogP contribution in [-0.2, 0) is 15.6 Å². The molecule has 7 heteroatoms. The number of hydrogen-bond acceptors (Lipinski definition) is 3. The predicted molar refractivity (Wildman–Crippen MR) is 55.8 cm³/mol. The summed E-state index contributed by atoms with van der Waals surface area (Å²) in [7, 11) is -2.17. The molecule has 0 fully saturated rings. The number of primary amides is 1. The van der Waals surface area contributed by atoms with Crippen molar-refractivity contribution in [2.24, 2.45) is 5.73 Å². The molecule has 16 heavy (non-hydrogen) atoms. The van der Waals surface area contributed by atoms with E-state index in [4.69, 9.17) is 11.5 Å². The van der Waals surface area contributed by atoms with E-state index in [9.17, 15) is 17.8 Å². The van der Waals surface area contributed by atoms with Gasteiger partial charge in [0, 0.05) is 5.69 Å².